The summed E-state index contributed by atoms with van der Waals surface area (Å²) in [5, 5.41) is 14.2. The Morgan fingerprint density at radius 3 is 2.41 bits per heavy atom. The Morgan fingerprint density at radius 1 is 1.00 bits per heavy atom. The summed E-state index contributed by atoms with van der Waals surface area (Å²) in [6, 6.07) is 12.3. The first-order chi connectivity index (χ1) is 13.1. The molecule has 0 aliphatic heterocycles. The summed E-state index contributed by atoms with van der Waals surface area (Å²) in [5.41, 5.74) is 3.96. The van der Waals surface area contributed by atoms with E-state index in [0.717, 1.165) is 24.3 Å². The molecule has 0 amide bonds. The highest BCUT2D eigenvalue weighted by Crippen LogP contribution is 2.25. The van der Waals surface area contributed by atoms with Gasteiger partial charge in [-0.15, -0.1) is 5.10 Å². The molecule has 0 saturated carbocycles. The van der Waals surface area contributed by atoms with Crippen LogP contribution in [0.5, 0.6) is 0 Å². The minimum atomic E-state index is -0.293. The highest BCUT2D eigenvalue weighted by atomic mass is 19.1. The fourth-order valence-corrected chi connectivity index (χ4v) is 2.79. The molecule has 0 saturated heterocycles. The van der Waals surface area contributed by atoms with E-state index >= 15 is 0 Å². The van der Waals surface area contributed by atoms with Crippen molar-refractivity contribution in [2.75, 3.05) is 28.6 Å². The Morgan fingerprint density at radius 2 is 1.74 bits per heavy atom. The van der Waals surface area contributed by atoms with Gasteiger partial charge in [0.25, 0.3) is 0 Å². The fourth-order valence-electron chi connectivity index (χ4n) is 2.79. The average Bonchev–Trinajstić information content (AvgIpc) is 2.67. The summed E-state index contributed by atoms with van der Waals surface area (Å²) in [7, 11) is 0. The Kier molecular flexibility index (Phi) is 5.80. The summed E-state index contributed by atoms with van der Waals surface area (Å²) in [4.78, 5) is 6.72. The van der Waals surface area contributed by atoms with E-state index in [1.54, 1.807) is 18.3 Å². The number of hydrogen-bond acceptors (Lipinski definition) is 6. The number of anilines is 5. The van der Waals surface area contributed by atoms with Crippen molar-refractivity contribution in [1.29, 1.82) is 0 Å². The smallest absolute Gasteiger partial charge is 0.249 e. The maximum atomic E-state index is 13.0. The molecule has 7 heteroatoms. The van der Waals surface area contributed by atoms with E-state index in [9.17, 15) is 4.39 Å². The van der Waals surface area contributed by atoms with E-state index in [1.807, 2.05) is 6.07 Å². The molecule has 0 atom stereocenters. The summed E-state index contributed by atoms with van der Waals surface area (Å²) in [6.45, 7) is 8.29. The largest absolute Gasteiger partial charge is 0.372 e. The van der Waals surface area contributed by atoms with Gasteiger partial charge in [0.1, 0.15) is 5.82 Å². The maximum absolute atomic E-state index is 13.0. The van der Waals surface area contributed by atoms with Crippen molar-refractivity contribution < 1.29 is 4.39 Å². The van der Waals surface area contributed by atoms with Gasteiger partial charge < -0.3 is 15.5 Å². The molecule has 2 N–H and O–H groups in total. The van der Waals surface area contributed by atoms with Crippen LogP contribution < -0.4 is 15.5 Å². The molecule has 0 fully saturated rings. The third-order valence-electron chi connectivity index (χ3n) is 4.26. The van der Waals surface area contributed by atoms with Gasteiger partial charge in [-0.05, 0) is 68.8 Å². The van der Waals surface area contributed by atoms with E-state index in [0.29, 0.717) is 17.5 Å². The molecule has 140 valence electrons. The molecule has 0 aliphatic carbocycles. The number of hydrogen-bond donors (Lipinski definition) is 2. The van der Waals surface area contributed by atoms with Gasteiger partial charge in [-0.2, -0.15) is 10.1 Å². The van der Waals surface area contributed by atoms with Crippen molar-refractivity contribution >= 4 is 28.8 Å². The summed E-state index contributed by atoms with van der Waals surface area (Å²) >= 11 is 0. The number of aryl methyl sites for hydroxylation is 1. The van der Waals surface area contributed by atoms with Crippen LogP contribution in [0.2, 0.25) is 0 Å². The fraction of sp³-hybridized carbons (Fsp3) is 0.250. The molecule has 1 heterocycles. The van der Waals surface area contributed by atoms with E-state index < -0.39 is 0 Å². The number of rotatable bonds is 7. The predicted molar refractivity (Wildman–Crippen MR) is 108 cm³/mol. The number of nitrogens with one attached hydrogen (secondary N) is 2. The van der Waals surface area contributed by atoms with E-state index in [2.05, 4.69) is 63.6 Å². The van der Waals surface area contributed by atoms with Crippen molar-refractivity contribution in [2.45, 2.75) is 20.8 Å². The molecule has 3 rings (SSSR count). The number of aromatic nitrogens is 3. The minimum Gasteiger partial charge on any atom is -0.372 e. The third kappa shape index (κ3) is 4.69. The van der Waals surface area contributed by atoms with Gasteiger partial charge >= 0.3 is 0 Å². The number of halogens is 1. The first-order valence-electron chi connectivity index (χ1n) is 8.94. The second kappa shape index (κ2) is 8.44. The van der Waals surface area contributed by atoms with Crippen LogP contribution in [0.1, 0.15) is 19.4 Å². The molecule has 27 heavy (non-hydrogen) atoms. The zero-order valence-electron chi connectivity index (χ0n) is 15.7. The molecule has 3 aromatic rings. The van der Waals surface area contributed by atoms with Gasteiger partial charge in [-0.3, -0.25) is 0 Å². The first-order valence-corrected chi connectivity index (χ1v) is 8.94. The van der Waals surface area contributed by atoms with Crippen LogP contribution in [-0.4, -0.2) is 28.3 Å². The molecule has 2 aromatic carbocycles. The van der Waals surface area contributed by atoms with Gasteiger partial charge in [0.2, 0.25) is 5.95 Å². The van der Waals surface area contributed by atoms with Crippen LogP contribution >= 0.6 is 0 Å². The van der Waals surface area contributed by atoms with Crippen molar-refractivity contribution in [3.05, 3.63) is 60.0 Å². The number of nitrogens with zero attached hydrogens (tertiary/aromatic N) is 4. The monoisotopic (exact) mass is 366 g/mol. The molecule has 0 aliphatic rings. The predicted octanol–water partition coefficient (Wildman–Crippen LogP) is 4.65. The molecule has 0 bridgehead atoms. The third-order valence-corrected chi connectivity index (χ3v) is 4.26. The zero-order valence-corrected chi connectivity index (χ0v) is 15.7. The van der Waals surface area contributed by atoms with Gasteiger partial charge in [0, 0.05) is 30.2 Å². The molecule has 0 unspecified atom stereocenters. The van der Waals surface area contributed by atoms with Crippen molar-refractivity contribution in [3.8, 4) is 0 Å². The summed E-state index contributed by atoms with van der Waals surface area (Å²) in [5.74, 6) is 0.621. The standard InChI is InChI=1S/C20H23FN6/c1-4-27(5-2)17-10-11-18(14(3)12-17)24-19-13-22-26-20(25-19)23-16-8-6-15(21)7-9-16/h6-13H,4-5H2,1-3H3,(H2,23,24,25,26). The molecular weight excluding hydrogens is 343 g/mol. The Hall–Kier alpha value is -3.22. The van der Waals surface area contributed by atoms with Crippen molar-refractivity contribution in [1.82, 2.24) is 15.2 Å². The minimum absolute atomic E-state index is 0.293. The van der Waals surface area contributed by atoms with Crippen LogP contribution in [0.15, 0.2) is 48.7 Å². The SMILES string of the molecule is CCN(CC)c1ccc(Nc2cnnc(Nc3ccc(F)cc3)n2)c(C)c1. The van der Waals surface area contributed by atoms with Crippen LogP contribution in [0, 0.1) is 12.7 Å². The van der Waals surface area contributed by atoms with Crippen molar-refractivity contribution in [3.63, 3.8) is 0 Å². The average molecular weight is 366 g/mol. The topological polar surface area (TPSA) is 66.0 Å². The lowest BCUT2D eigenvalue weighted by Gasteiger charge is -2.22. The van der Waals surface area contributed by atoms with Crippen LogP contribution in [0.25, 0.3) is 0 Å². The Bertz CT molecular complexity index is 893. The van der Waals surface area contributed by atoms with Crippen LogP contribution in [-0.2, 0) is 0 Å². The van der Waals surface area contributed by atoms with Gasteiger partial charge in [-0.25, -0.2) is 4.39 Å². The second-order valence-corrected chi connectivity index (χ2v) is 6.09. The maximum Gasteiger partial charge on any atom is 0.249 e. The molecule has 0 radical (unpaired) electrons. The van der Waals surface area contributed by atoms with Gasteiger partial charge in [-0.1, -0.05) is 0 Å². The first kappa shape index (κ1) is 18.6. The zero-order chi connectivity index (χ0) is 19.2. The molecular formula is C20H23FN6. The van der Waals surface area contributed by atoms with Crippen LogP contribution in [0.3, 0.4) is 0 Å². The normalized spacial score (nSPS) is 10.5. The lowest BCUT2D eigenvalue weighted by Crippen LogP contribution is -2.21. The lowest BCUT2D eigenvalue weighted by atomic mass is 10.1. The van der Waals surface area contributed by atoms with Crippen molar-refractivity contribution in [2.24, 2.45) is 0 Å². The molecule has 1 aromatic heterocycles. The lowest BCUT2D eigenvalue weighted by molar-refractivity contribution is 0.628. The van der Waals surface area contributed by atoms with Gasteiger partial charge in [0.15, 0.2) is 5.82 Å². The molecule has 0 spiro atoms. The second-order valence-electron chi connectivity index (χ2n) is 6.09. The van der Waals surface area contributed by atoms with Crippen LogP contribution in [0.4, 0.5) is 33.2 Å². The highest BCUT2D eigenvalue weighted by Gasteiger charge is 2.07. The van der Waals surface area contributed by atoms with Gasteiger partial charge in [0.05, 0.1) is 6.20 Å². The number of benzene rings is 2. The summed E-state index contributed by atoms with van der Waals surface area (Å²) < 4.78 is 13.0. The quantitative estimate of drug-likeness (QED) is 0.634. The Labute approximate surface area is 158 Å². The summed E-state index contributed by atoms with van der Waals surface area (Å²) in [6.07, 6.45) is 1.56. The molecule has 6 nitrogen and oxygen atoms in total. The van der Waals surface area contributed by atoms with E-state index in [4.69, 9.17) is 0 Å². The highest BCUT2D eigenvalue weighted by molar-refractivity contribution is 5.65. The van der Waals surface area contributed by atoms with E-state index in [1.165, 1.54) is 17.8 Å². The van der Waals surface area contributed by atoms with E-state index in [-0.39, 0.29) is 5.82 Å². The Balaban J connectivity index is 1.75.